The van der Waals surface area contributed by atoms with Crippen molar-refractivity contribution >= 4 is 44.7 Å². The number of benzene rings is 1. The second-order valence-electron chi connectivity index (χ2n) is 4.26. The van der Waals surface area contributed by atoms with E-state index in [9.17, 15) is 4.21 Å². The van der Waals surface area contributed by atoms with E-state index in [0.29, 0.717) is 5.02 Å². The Morgan fingerprint density at radius 1 is 1.44 bits per heavy atom. The molecule has 16 heavy (non-hydrogen) atoms. The summed E-state index contributed by atoms with van der Waals surface area (Å²) in [5.41, 5.74) is 0.758. The van der Waals surface area contributed by atoms with Gasteiger partial charge < -0.3 is 0 Å². The lowest BCUT2D eigenvalue weighted by atomic mass is 10.2. The minimum atomic E-state index is -1.26. The maximum atomic E-state index is 11.7. The molecule has 0 saturated heterocycles. The first-order chi connectivity index (χ1) is 7.30. The van der Waals surface area contributed by atoms with Crippen molar-refractivity contribution in [2.75, 3.05) is 0 Å². The minimum Gasteiger partial charge on any atom is -0.234 e. The average Bonchev–Trinajstić information content (AvgIpc) is 2.17. The van der Waals surface area contributed by atoms with Gasteiger partial charge in [0.25, 0.3) is 0 Å². The predicted molar refractivity (Wildman–Crippen MR) is 74.6 cm³/mol. The zero-order valence-electron chi connectivity index (χ0n) is 9.33. The molecule has 1 aromatic carbocycles. The highest BCUT2D eigenvalue weighted by Gasteiger charge is 2.18. The van der Waals surface area contributed by atoms with Crippen LogP contribution in [0, 0.1) is 0 Å². The normalized spacial score (nSPS) is 14.3. The molecule has 5 heteroatoms. The molecule has 1 aromatic rings. The summed E-state index contributed by atoms with van der Waals surface area (Å²) in [7, 11) is -1.26. The molecule has 0 fully saturated rings. The summed E-state index contributed by atoms with van der Waals surface area (Å²) in [6.07, 6.45) is 1.55. The summed E-state index contributed by atoms with van der Waals surface area (Å²) in [4.78, 5) is 0. The quantitative estimate of drug-likeness (QED) is 0.757. The number of hydrogen-bond donors (Lipinski definition) is 0. The van der Waals surface area contributed by atoms with E-state index in [-0.39, 0.29) is 4.75 Å². The predicted octanol–water partition coefficient (Wildman–Crippen LogP) is 3.98. The van der Waals surface area contributed by atoms with E-state index >= 15 is 0 Å². The Balaban J connectivity index is 2.93. The van der Waals surface area contributed by atoms with E-state index in [2.05, 4.69) is 20.3 Å². The maximum Gasteiger partial charge on any atom is 0.144 e. The zero-order valence-corrected chi connectivity index (χ0v) is 12.5. The third-order valence-electron chi connectivity index (χ3n) is 1.77. The molecule has 0 N–H and O–H groups in total. The van der Waals surface area contributed by atoms with Crippen LogP contribution in [0.25, 0.3) is 0 Å². The van der Waals surface area contributed by atoms with Crippen molar-refractivity contribution in [3.05, 3.63) is 33.3 Å². The van der Waals surface area contributed by atoms with Crippen molar-refractivity contribution in [3.63, 3.8) is 0 Å². The smallest absolute Gasteiger partial charge is 0.144 e. The molecule has 0 spiro atoms. The fourth-order valence-electron chi connectivity index (χ4n) is 0.876. The van der Waals surface area contributed by atoms with Crippen molar-refractivity contribution in [2.24, 2.45) is 4.40 Å². The van der Waals surface area contributed by atoms with Gasteiger partial charge >= 0.3 is 0 Å². The molecule has 0 radical (unpaired) electrons. The highest BCUT2D eigenvalue weighted by atomic mass is 79.9. The van der Waals surface area contributed by atoms with Crippen LogP contribution in [0.4, 0.5) is 0 Å². The number of rotatable bonds is 2. The Bertz CT molecular complexity index is 440. The summed E-state index contributed by atoms with van der Waals surface area (Å²) >= 11 is 9.33. The van der Waals surface area contributed by atoms with Crippen molar-refractivity contribution in [1.82, 2.24) is 0 Å². The molecular weight excluding hydrogens is 310 g/mol. The van der Waals surface area contributed by atoms with E-state index in [1.165, 1.54) is 0 Å². The van der Waals surface area contributed by atoms with Crippen LogP contribution in [0.15, 0.2) is 27.1 Å². The van der Waals surface area contributed by atoms with Gasteiger partial charge in [-0.3, -0.25) is 0 Å². The monoisotopic (exact) mass is 321 g/mol. The molecule has 0 heterocycles. The highest BCUT2D eigenvalue weighted by Crippen LogP contribution is 2.20. The van der Waals surface area contributed by atoms with Crippen LogP contribution in [-0.2, 0) is 11.0 Å². The molecule has 1 unspecified atom stereocenters. The van der Waals surface area contributed by atoms with Crippen molar-refractivity contribution in [3.8, 4) is 0 Å². The maximum absolute atomic E-state index is 11.7. The average molecular weight is 323 g/mol. The first kappa shape index (κ1) is 13.9. The number of nitrogens with zero attached hydrogens (tertiary/aromatic N) is 1. The fraction of sp³-hybridized carbons (Fsp3) is 0.364. The summed E-state index contributed by atoms with van der Waals surface area (Å²) in [5, 5.41) is 0.595. The van der Waals surface area contributed by atoms with Gasteiger partial charge in [-0.15, -0.1) is 0 Å². The van der Waals surface area contributed by atoms with Gasteiger partial charge in [0, 0.05) is 21.3 Å². The lowest BCUT2D eigenvalue weighted by Crippen LogP contribution is -2.19. The first-order valence-corrected chi connectivity index (χ1v) is 6.99. The van der Waals surface area contributed by atoms with E-state index in [0.717, 1.165) is 10.0 Å². The number of hydrogen-bond acceptors (Lipinski definition) is 1. The molecule has 1 rings (SSSR count). The standard InChI is InChI=1S/C11H13BrClNOS/c1-11(2,3)16(15)14-7-8-6-9(12)4-5-10(8)13/h4-7H,1-3H3. The molecular formula is C11H13BrClNOS. The zero-order chi connectivity index (χ0) is 12.3. The van der Waals surface area contributed by atoms with Crippen LogP contribution in [0.3, 0.4) is 0 Å². The largest absolute Gasteiger partial charge is 0.234 e. The van der Waals surface area contributed by atoms with Crippen molar-refractivity contribution in [2.45, 2.75) is 25.5 Å². The second kappa shape index (κ2) is 5.43. The molecule has 88 valence electrons. The van der Waals surface area contributed by atoms with Crippen LogP contribution >= 0.6 is 27.5 Å². The van der Waals surface area contributed by atoms with Gasteiger partial charge in [0.15, 0.2) is 0 Å². The Labute approximate surface area is 112 Å². The van der Waals surface area contributed by atoms with Crippen molar-refractivity contribution in [1.29, 1.82) is 0 Å². The topological polar surface area (TPSA) is 29.4 Å². The van der Waals surface area contributed by atoms with Crippen molar-refractivity contribution < 1.29 is 4.21 Å². The second-order valence-corrected chi connectivity index (χ2v) is 7.52. The Kier molecular flexibility index (Phi) is 4.71. The van der Waals surface area contributed by atoms with E-state index in [1.54, 1.807) is 12.3 Å². The lowest BCUT2D eigenvalue weighted by Gasteiger charge is -2.12. The van der Waals surface area contributed by atoms with E-state index < -0.39 is 11.0 Å². The Hall–Kier alpha value is -0.190. The van der Waals surface area contributed by atoms with Gasteiger partial charge in [-0.2, -0.15) is 4.40 Å². The van der Waals surface area contributed by atoms with Gasteiger partial charge in [-0.1, -0.05) is 27.5 Å². The third-order valence-corrected chi connectivity index (χ3v) is 3.95. The molecule has 1 atom stereocenters. The summed E-state index contributed by atoms with van der Waals surface area (Å²) in [6.45, 7) is 5.63. The molecule has 0 amide bonds. The van der Waals surface area contributed by atoms with Gasteiger partial charge in [-0.05, 0) is 39.0 Å². The lowest BCUT2D eigenvalue weighted by molar-refractivity contribution is 0.651. The van der Waals surface area contributed by atoms with Crippen LogP contribution in [0.1, 0.15) is 26.3 Å². The first-order valence-electron chi connectivity index (χ1n) is 4.72. The van der Waals surface area contributed by atoms with Gasteiger partial charge in [0.1, 0.15) is 11.0 Å². The molecule has 2 nitrogen and oxygen atoms in total. The summed E-state index contributed by atoms with van der Waals surface area (Å²) < 4.78 is 16.3. The van der Waals surface area contributed by atoms with Gasteiger partial charge in [0.05, 0.1) is 4.75 Å². The van der Waals surface area contributed by atoms with Crippen LogP contribution in [-0.4, -0.2) is 15.2 Å². The summed E-state index contributed by atoms with van der Waals surface area (Å²) in [5.74, 6) is 0. The molecule has 0 bridgehead atoms. The van der Waals surface area contributed by atoms with Crippen LogP contribution in [0.2, 0.25) is 5.02 Å². The van der Waals surface area contributed by atoms with Crippen LogP contribution in [0.5, 0.6) is 0 Å². The molecule has 0 aromatic heterocycles. The number of halogens is 2. The molecule has 0 saturated carbocycles. The highest BCUT2D eigenvalue weighted by molar-refractivity contribution is 9.10. The molecule has 0 aliphatic heterocycles. The Morgan fingerprint density at radius 3 is 2.62 bits per heavy atom. The third kappa shape index (κ3) is 4.00. The minimum absolute atomic E-state index is 0.352. The molecule has 0 aliphatic carbocycles. The fourth-order valence-corrected chi connectivity index (χ4v) is 1.95. The van der Waals surface area contributed by atoms with Gasteiger partial charge in [-0.25, -0.2) is 4.21 Å². The van der Waals surface area contributed by atoms with E-state index in [1.807, 2.05) is 32.9 Å². The van der Waals surface area contributed by atoms with Crippen LogP contribution < -0.4 is 0 Å². The summed E-state index contributed by atoms with van der Waals surface area (Å²) in [6, 6.07) is 5.46. The molecule has 0 aliphatic rings. The van der Waals surface area contributed by atoms with Gasteiger partial charge in [0.2, 0.25) is 0 Å². The van der Waals surface area contributed by atoms with E-state index in [4.69, 9.17) is 11.6 Å². The SMILES string of the molecule is CC(C)(C)S(=O)N=Cc1cc(Br)ccc1Cl. The Morgan fingerprint density at radius 2 is 2.06 bits per heavy atom.